The molecule has 0 saturated heterocycles. The lowest BCUT2D eigenvalue weighted by molar-refractivity contribution is -0.000455. The predicted molar refractivity (Wildman–Crippen MR) is 117 cm³/mol. The van der Waals surface area contributed by atoms with Crippen LogP contribution >= 0.6 is 0 Å². The number of fused-ring (bicyclic) bond motifs is 6. The van der Waals surface area contributed by atoms with Crippen molar-refractivity contribution < 1.29 is 0 Å². The summed E-state index contributed by atoms with van der Waals surface area (Å²) < 4.78 is 0. The zero-order chi connectivity index (χ0) is 18.9. The Morgan fingerprint density at radius 2 is 1.89 bits per heavy atom. The molecule has 4 aliphatic rings. The van der Waals surface area contributed by atoms with Gasteiger partial charge in [-0.1, -0.05) is 49.9 Å². The van der Waals surface area contributed by atoms with Gasteiger partial charge in [0.1, 0.15) is 0 Å². The molecule has 5 unspecified atom stereocenters. The molecule has 1 nitrogen and oxygen atoms in total. The van der Waals surface area contributed by atoms with Crippen molar-refractivity contribution in [1.29, 1.82) is 0 Å². The molecule has 5 atom stereocenters. The topological polar surface area (TPSA) is 12.0 Å². The number of rotatable bonds is 4. The highest BCUT2D eigenvalue weighted by Gasteiger charge is 2.68. The van der Waals surface area contributed by atoms with Gasteiger partial charge >= 0.3 is 0 Å². The zero-order valence-electron chi connectivity index (χ0n) is 16.7. The largest absolute Gasteiger partial charge is 0.356 e. The molecular weight excluding hydrogens is 338 g/mol. The molecular formula is C27H29N. The zero-order valence-corrected chi connectivity index (χ0v) is 16.7. The van der Waals surface area contributed by atoms with Crippen LogP contribution in [0, 0.1) is 17.3 Å². The van der Waals surface area contributed by atoms with Crippen molar-refractivity contribution in [2.24, 2.45) is 17.3 Å². The second-order valence-corrected chi connectivity index (χ2v) is 9.54. The highest BCUT2D eigenvalue weighted by molar-refractivity contribution is 5.77. The Morgan fingerprint density at radius 3 is 2.75 bits per heavy atom. The van der Waals surface area contributed by atoms with E-state index < -0.39 is 0 Å². The lowest BCUT2D eigenvalue weighted by Gasteiger charge is -2.56. The first kappa shape index (κ1) is 16.7. The highest BCUT2D eigenvalue weighted by Crippen LogP contribution is 2.79. The van der Waals surface area contributed by atoms with E-state index in [1.807, 2.05) is 0 Å². The number of nitrogens with one attached hydrogen (secondary N) is 1. The van der Waals surface area contributed by atoms with Crippen molar-refractivity contribution in [1.82, 2.24) is 0 Å². The van der Waals surface area contributed by atoms with Crippen LogP contribution in [0.3, 0.4) is 0 Å². The van der Waals surface area contributed by atoms with Crippen LogP contribution in [0.1, 0.15) is 62.0 Å². The Labute approximate surface area is 168 Å². The summed E-state index contributed by atoms with van der Waals surface area (Å²) >= 11 is 0. The van der Waals surface area contributed by atoms with Crippen molar-refractivity contribution >= 4 is 5.69 Å². The van der Waals surface area contributed by atoms with Gasteiger partial charge in [-0.05, 0) is 102 Å². The van der Waals surface area contributed by atoms with Crippen LogP contribution in [0.4, 0.5) is 5.69 Å². The summed E-state index contributed by atoms with van der Waals surface area (Å²) in [6.07, 6.45) is 11.1. The summed E-state index contributed by atoms with van der Waals surface area (Å²) in [7, 11) is 0. The quantitative estimate of drug-likeness (QED) is 0.561. The molecule has 0 heterocycles. The van der Waals surface area contributed by atoms with E-state index in [1.54, 1.807) is 11.1 Å². The summed E-state index contributed by atoms with van der Waals surface area (Å²) in [6.45, 7) is 6.33. The van der Waals surface area contributed by atoms with Gasteiger partial charge in [0.05, 0.1) is 0 Å². The maximum atomic E-state index is 4.17. The summed E-state index contributed by atoms with van der Waals surface area (Å²) in [5, 5.41) is 3.53. The molecule has 142 valence electrons. The van der Waals surface area contributed by atoms with Gasteiger partial charge in [-0.2, -0.15) is 0 Å². The molecule has 2 bridgehead atoms. The Bertz CT molecular complexity index is 999. The van der Waals surface area contributed by atoms with Gasteiger partial charge in [0.25, 0.3) is 0 Å². The maximum Gasteiger partial charge on any atom is 0.0387 e. The minimum Gasteiger partial charge on any atom is -0.356 e. The van der Waals surface area contributed by atoms with Crippen LogP contribution in [-0.2, 0) is 0 Å². The van der Waals surface area contributed by atoms with Gasteiger partial charge in [-0.25, -0.2) is 0 Å². The summed E-state index contributed by atoms with van der Waals surface area (Å²) in [5.74, 6) is 3.44. The molecule has 0 aliphatic heterocycles. The van der Waals surface area contributed by atoms with E-state index in [0.717, 1.165) is 35.8 Å². The van der Waals surface area contributed by atoms with E-state index in [2.05, 4.69) is 73.4 Å². The van der Waals surface area contributed by atoms with Crippen molar-refractivity contribution in [2.75, 3.05) is 5.32 Å². The minimum absolute atomic E-state index is 0.545. The van der Waals surface area contributed by atoms with E-state index in [1.165, 1.54) is 42.5 Å². The first-order valence-electron chi connectivity index (χ1n) is 11.1. The van der Waals surface area contributed by atoms with Crippen molar-refractivity contribution in [3.05, 3.63) is 78.0 Å². The van der Waals surface area contributed by atoms with E-state index in [-0.39, 0.29) is 0 Å². The molecule has 1 spiro atoms. The lowest BCUT2D eigenvalue weighted by Crippen LogP contribution is -2.47. The Morgan fingerprint density at radius 1 is 1.07 bits per heavy atom. The molecule has 0 radical (unpaired) electrons. The van der Waals surface area contributed by atoms with Crippen molar-refractivity contribution in [3.63, 3.8) is 0 Å². The molecule has 2 aromatic carbocycles. The number of anilines is 1. The average Bonchev–Trinajstić information content (AvgIpc) is 3.19. The Kier molecular flexibility index (Phi) is 3.49. The lowest BCUT2D eigenvalue weighted by atomic mass is 9.47. The number of benzene rings is 2. The van der Waals surface area contributed by atoms with Crippen molar-refractivity contribution in [2.45, 2.75) is 50.9 Å². The van der Waals surface area contributed by atoms with Crippen LogP contribution in [0.15, 0.2) is 66.9 Å². The molecule has 0 amide bonds. The second kappa shape index (κ2) is 5.86. The number of hydrogen-bond acceptors (Lipinski definition) is 1. The molecule has 3 fully saturated rings. The third-order valence-electron chi connectivity index (χ3n) is 8.32. The van der Waals surface area contributed by atoms with Gasteiger partial charge in [0.15, 0.2) is 0 Å². The molecule has 3 saturated carbocycles. The highest BCUT2D eigenvalue weighted by atomic mass is 14.9. The average molecular weight is 368 g/mol. The first-order valence-corrected chi connectivity index (χ1v) is 11.1. The van der Waals surface area contributed by atoms with Gasteiger partial charge in [0.2, 0.25) is 0 Å². The SMILES string of the molecule is C=C(/C=C\CC)Nc1ccc2c(c1)C1CC3CC4CC(c5ccccc5-2)C31C4. The molecule has 4 aliphatic carbocycles. The Hall–Kier alpha value is -2.28. The van der Waals surface area contributed by atoms with E-state index in [0.29, 0.717) is 5.41 Å². The maximum absolute atomic E-state index is 4.17. The number of allylic oxidation sites excluding steroid dienone is 2. The third-order valence-corrected chi connectivity index (χ3v) is 8.32. The fourth-order valence-corrected chi connectivity index (χ4v) is 7.40. The van der Waals surface area contributed by atoms with Gasteiger partial charge in [0, 0.05) is 11.4 Å². The normalized spacial score (nSPS) is 33.6. The standard InChI is InChI=1S/C27H29N/c1-3-4-7-17(2)28-20-10-11-22-21-8-5-6-9-23(21)25-13-18-12-19-14-26(24(22)15-20)27(19,25)16-18/h4-11,15,18-19,25-26,28H,2-3,12-14,16H2,1H3/b7-4-. The van der Waals surface area contributed by atoms with Crippen LogP contribution in [0.25, 0.3) is 11.1 Å². The van der Waals surface area contributed by atoms with Gasteiger partial charge in [-0.15, -0.1) is 0 Å². The minimum atomic E-state index is 0.545. The van der Waals surface area contributed by atoms with Crippen LogP contribution in [0.2, 0.25) is 0 Å². The monoisotopic (exact) mass is 367 g/mol. The van der Waals surface area contributed by atoms with Crippen LogP contribution in [0.5, 0.6) is 0 Å². The number of hydrogen-bond donors (Lipinski definition) is 1. The van der Waals surface area contributed by atoms with Gasteiger partial charge in [-0.3, -0.25) is 0 Å². The molecule has 0 aromatic heterocycles. The van der Waals surface area contributed by atoms with E-state index in [9.17, 15) is 0 Å². The van der Waals surface area contributed by atoms with Crippen LogP contribution < -0.4 is 5.32 Å². The summed E-state index contributed by atoms with van der Waals surface area (Å²) in [4.78, 5) is 0. The summed E-state index contributed by atoms with van der Waals surface area (Å²) in [5.41, 5.74) is 8.90. The van der Waals surface area contributed by atoms with Crippen LogP contribution in [-0.4, -0.2) is 0 Å². The third kappa shape index (κ3) is 2.08. The van der Waals surface area contributed by atoms with E-state index >= 15 is 0 Å². The van der Waals surface area contributed by atoms with Crippen molar-refractivity contribution in [3.8, 4) is 11.1 Å². The summed E-state index contributed by atoms with van der Waals surface area (Å²) in [6, 6.07) is 16.3. The fourth-order valence-electron chi connectivity index (χ4n) is 7.40. The molecule has 1 heteroatoms. The van der Waals surface area contributed by atoms with Gasteiger partial charge < -0.3 is 5.32 Å². The Balaban J connectivity index is 1.48. The first-order chi connectivity index (χ1) is 13.7. The molecule has 1 N–H and O–H groups in total. The molecule has 28 heavy (non-hydrogen) atoms. The predicted octanol–water partition coefficient (Wildman–Crippen LogP) is 7.25. The fraction of sp³-hybridized carbons (Fsp3) is 0.407. The second-order valence-electron chi connectivity index (χ2n) is 9.54. The van der Waals surface area contributed by atoms with E-state index in [4.69, 9.17) is 0 Å². The molecule has 6 rings (SSSR count). The smallest absolute Gasteiger partial charge is 0.0387 e. The molecule has 2 aromatic rings.